The molecule has 1 amide bonds. The average Bonchev–Trinajstić information content (AvgIpc) is 2.60. The average molecular weight is 304 g/mol. The van der Waals surface area contributed by atoms with Crippen molar-refractivity contribution in [2.24, 2.45) is 5.92 Å². The summed E-state index contributed by atoms with van der Waals surface area (Å²) in [5.74, 6) is 1.91. The normalized spacial score (nSPS) is 21.2. The second kappa shape index (κ2) is 6.57. The number of rotatable bonds is 3. The van der Waals surface area contributed by atoms with E-state index in [-0.39, 0.29) is 11.8 Å². The van der Waals surface area contributed by atoms with Gasteiger partial charge in [0.05, 0.1) is 20.1 Å². The maximum atomic E-state index is 12.7. The second-order valence-corrected chi connectivity index (χ2v) is 6.03. The maximum Gasteiger partial charge on any atom is 0.227 e. The van der Waals surface area contributed by atoms with Gasteiger partial charge in [0.2, 0.25) is 5.91 Å². The molecule has 0 radical (unpaired) electrons. The number of methoxy groups -OCH3 is 2. The van der Waals surface area contributed by atoms with Crippen LogP contribution in [0.4, 0.5) is 0 Å². The van der Waals surface area contributed by atoms with Crippen molar-refractivity contribution in [3.8, 4) is 11.5 Å². The maximum absolute atomic E-state index is 12.7. The van der Waals surface area contributed by atoms with E-state index in [9.17, 15) is 4.79 Å². The summed E-state index contributed by atoms with van der Waals surface area (Å²) >= 11 is 0. The van der Waals surface area contributed by atoms with Crippen LogP contribution >= 0.6 is 0 Å². The van der Waals surface area contributed by atoms with Gasteiger partial charge in [-0.05, 0) is 49.1 Å². The van der Waals surface area contributed by atoms with E-state index in [4.69, 9.17) is 9.47 Å². The summed E-state index contributed by atoms with van der Waals surface area (Å²) in [6, 6.07) is 4.05. The minimum absolute atomic E-state index is 0.135. The topological polar surface area (TPSA) is 50.8 Å². The molecule has 3 rings (SSSR count). The Kier molecular flexibility index (Phi) is 4.52. The zero-order chi connectivity index (χ0) is 15.5. The van der Waals surface area contributed by atoms with Crippen LogP contribution in [-0.4, -0.2) is 44.7 Å². The molecular formula is C17H24N2O3. The zero-order valence-electron chi connectivity index (χ0n) is 13.4. The highest BCUT2D eigenvalue weighted by molar-refractivity contribution is 5.79. The van der Waals surface area contributed by atoms with Crippen molar-refractivity contribution in [2.45, 2.75) is 25.8 Å². The summed E-state index contributed by atoms with van der Waals surface area (Å²) in [6.45, 7) is 3.31. The summed E-state index contributed by atoms with van der Waals surface area (Å²) in [5.41, 5.74) is 2.42. The van der Waals surface area contributed by atoms with Crippen molar-refractivity contribution in [3.05, 3.63) is 23.3 Å². The molecule has 0 unspecified atom stereocenters. The van der Waals surface area contributed by atoms with Crippen molar-refractivity contribution in [1.29, 1.82) is 0 Å². The monoisotopic (exact) mass is 304 g/mol. The third-order valence-electron chi connectivity index (χ3n) is 4.68. The van der Waals surface area contributed by atoms with Gasteiger partial charge in [-0.15, -0.1) is 0 Å². The molecule has 5 heteroatoms. The Morgan fingerprint density at radius 2 is 1.95 bits per heavy atom. The fourth-order valence-corrected chi connectivity index (χ4v) is 3.39. The first kappa shape index (κ1) is 15.2. The van der Waals surface area contributed by atoms with Crippen LogP contribution in [0.2, 0.25) is 0 Å². The molecule has 1 N–H and O–H groups in total. The van der Waals surface area contributed by atoms with E-state index in [0.29, 0.717) is 6.54 Å². The van der Waals surface area contributed by atoms with Crippen LogP contribution in [-0.2, 0) is 17.8 Å². The number of benzene rings is 1. The molecule has 0 aliphatic carbocycles. The highest BCUT2D eigenvalue weighted by Crippen LogP contribution is 2.33. The molecule has 1 aromatic carbocycles. The van der Waals surface area contributed by atoms with Gasteiger partial charge in [0.1, 0.15) is 0 Å². The van der Waals surface area contributed by atoms with E-state index in [1.54, 1.807) is 14.2 Å². The van der Waals surface area contributed by atoms with Crippen LogP contribution in [0.15, 0.2) is 12.1 Å². The molecule has 2 aliphatic heterocycles. The minimum Gasteiger partial charge on any atom is -0.493 e. The quantitative estimate of drug-likeness (QED) is 0.921. The lowest BCUT2D eigenvalue weighted by Crippen LogP contribution is -2.44. The fourth-order valence-electron chi connectivity index (χ4n) is 3.39. The first-order valence-corrected chi connectivity index (χ1v) is 7.96. The van der Waals surface area contributed by atoms with Crippen LogP contribution in [0.5, 0.6) is 11.5 Å². The van der Waals surface area contributed by atoms with Crippen LogP contribution in [0.25, 0.3) is 0 Å². The van der Waals surface area contributed by atoms with Gasteiger partial charge >= 0.3 is 0 Å². The molecule has 0 bridgehead atoms. The third kappa shape index (κ3) is 2.90. The van der Waals surface area contributed by atoms with Crippen LogP contribution < -0.4 is 14.8 Å². The number of hydrogen-bond donors (Lipinski definition) is 1. The number of fused-ring (bicyclic) bond motifs is 1. The van der Waals surface area contributed by atoms with Crippen LogP contribution in [0.3, 0.4) is 0 Å². The Bertz CT molecular complexity index is 553. The van der Waals surface area contributed by atoms with E-state index in [2.05, 4.69) is 5.32 Å². The van der Waals surface area contributed by atoms with Crippen LogP contribution in [0, 0.1) is 5.92 Å². The molecule has 2 aliphatic rings. The van der Waals surface area contributed by atoms with Gasteiger partial charge in [-0.2, -0.15) is 0 Å². The molecular weight excluding hydrogens is 280 g/mol. The summed E-state index contributed by atoms with van der Waals surface area (Å²) < 4.78 is 10.7. The molecule has 5 nitrogen and oxygen atoms in total. The van der Waals surface area contributed by atoms with E-state index in [1.165, 1.54) is 11.1 Å². The fraction of sp³-hybridized carbons (Fsp3) is 0.588. The Hall–Kier alpha value is -1.75. The summed E-state index contributed by atoms with van der Waals surface area (Å²) in [6.07, 6.45) is 2.97. The van der Waals surface area contributed by atoms with Crippen molar-refractivity contribution in [2.75, 3.05) is 33.9 Å². The van der Waals surface area contributed by atoms with E-state index in [1.807, 2.05) is 17.0 Å². The van der Waals surface area contributed by atoms with Gasteiger partial charge < -0.3 is 19.7 Å². The lowest BCUT2D eigenvalue weighted by Gasteiger charge is -2.33. The standard InChI is InChI=1S/C17H24N2O3/c1-21-15-8-12-5-7-19(11-14(12)9-16(15)22-2)17(20)13-4-3-6-18-10-13/h8-9,13,18H,3-7,10-11H2,1-2H3/t13-/m1/s1. The number of carbonyl (C=O) groups excluding carboxylic acids is 1. The van der Waals surface area contributed by atoms with Crippen LogP contribution in [0.1, 0.15) is 24.0 Å². The number of nitrogens with one attached hydrogen (secondary N) is 1. The number of hydrogen-bond acceptors (Lipinski definition) is 4. The highest BCUT2D eigenvalue weighted by atomic mass is 16.5. The zero-order valence-corrected chi connectivity index (χ0v) is 13.4. The lowest BCUT2D eigenvalue weighted by atomic mass is 9.94. The predicted molar refractivity (Wildman–Crippen MR) is 84.3 cm³/mol. The Morgan fingerprint density at radius 3 is 2.59 bits per heavy atom. The number of ether oxygens (including phenoxy) is 2. The molecule has 0 saturated carbocycles. The van der Waals surface area contributed by atoms with E-state index < -0.39 is 0 Å². The van der Waals surface area contributed by atoms with Gasteiger partial charge in [0, 0.05) is 19.6 Å². The summed E-state index contributed by atoms with van der Waals surface area (Å²) in [4.78, 5) is 14.7. The third-order valence-corrected chi connectivity index (χ3v) is 4.68. The van der Waals surface area contributed by atoms with E-state index >= 15 is 0 Å². The number of amides is 1. The van der Waals surface area contributed by atoms with Crippen molar-refractivity contribution in [1.82, 2.24) is 10.2 Å². The first-order chi connectivity index (χ1) is 10.7. The largest absolute Gasteiger partial charge is 0.493 e. The van der Waals surface area contributed by atoms with Crippen molar-refractivity contribution < 1.29 is 14.3 Å². The molecule has 2 heterocycles. The SMILES string of the molecule is COc1cc2c(cc1OC)CN(C(=O)[C@@H]1CCCNC1)CC2. The van der Waals surface area contributed by atoms with Gasteiger partial charge in [-0.1, -0.05) is 0 Å². The van der Waals surface area contributed by atoms with Gasteiger partial charge in [-0.3, -0.25) is 4.79 Å². The number of nitrogens with zero attached hydrogens (tertiary/aromatic N) is 1. The first-order valence-electron chi connectivity index (χ1n) is 7.96. The number of piperidine rings is 1. The second-order valence-electron chi connectivity index (χ2n) is 6.03. The predicted octanol–water partition coefficient (Wildman–Crippen LogP) is 1.59. The Labute approximate surface area is 131 Å². The molecule has 22 heavy (non-hydrogen) atoms. The molecule has 1 atom stereocenters. The molecule has 0 aromatic heterocycles. The van der Waals surface area contributed by atoms with Gasteiger partial charge in [0.25, 0.3) is 0 Å². The van der Waals surface area contributed by atoms with E-state index in [0.717, 1.165) is 50.4 Å². The summed E-state index contributed by atoms with van der Waals surface area (Å²) in [7, 11) is 3.29. The minimum atomic E-state index is 0.135. The van der Waals surface area contributed by atoms with Gasteiger partial charge in [0.15, 0.2) is 11.5 Å². The molecule has 1 fully saturated rings. The van der Waals surface area contributed by atoms with Gasteiger partial charge in [-0.25, -0.2) is 0 Å². The Morgan fingerprint density at radius 1 is 1.23 bits per heavy atom. The summed E-state index contributed by atoms with van der Waals surface area (Å²) in [5, 5.41) is 3.32. The molecule has 0 spiro atoms. The smallest absolute Gasteiger partial charge is 0.227 e. The molecule has 120 valence electrons. The number of carbonyl (C=O) groups is 1. The molecule has 1 aromatic rings. The molecule has 1 saturated heterocycles. The van der Waals surface area contributed by atoms with Crippen molar-refractivity contribution in [3.63, 3.8) is 0 Å². The van der Waals surface area contributed by atoms with Crippen molar-refractivity contribution >= 4 is 5.91 Å². The Balaban J connectivity index is 1.76. The highest BCUT2D eigenvalue weighted by Gasteiger charge is 2.29. The lowest BCUT2D eigenvalue weighted by molar-refractivity contribution is -0.137.